The van der Waals surface area contributed by atoms with Crippen LogP contribution in [0.4, 0.5) is 8.78 Å². The molecule has 1 heterocycles. The zero-order chi connectivity index (χ0) is 22.7. The van der Waals surface area contributed by atoms with E-state index in [0.29, 0.717) is 32.5 Å². The molecule has 2 unspecified atom stereocenters. The Hall–Kier alpha value is -3.54. The first-order valence-corrected chi connectivity index (χ1v) is 11.2. The van der Waals surface area contributed by atoms with E-state index in [1.807, 2.05) is 23.1 Å². The van der Waals surface area contributed by atoms with Crippen LogP contribution in [0.25, 0.3) is 0 Å². The van der Waals surface area contributed by atoms with E-state index in [4.69, 9.17) is 0 Å². The van der Waals surface area contributed by atoms with Crippen LogP contribution in [-0.2, 0) is 42.1 Å². The molecule has 2 aliphatic carbocycles. The van der Waals surface area contributed by atoms with Crippen LogP contribution >= 0.6 is 0 Å². The van der Waals surface area contributed by atoms with Crippen LogP contribution in [0.1, 0.15) is 50.8 Å². The predicted octanol–water partition coefficient (Wildman–Crippen LogP) is 4.10. The van der Waals surface area contributed by atoms with Crippen molar-refractivity contribution in [1.82, 2.24) is 10.2 Å². The first kappa shape index (κ1) is 20.1. The summed E-state index contributed by atoms with van der Waals surface area (Å²) >= 11 is 0. The predicted molar refractivity (Wildman–Crippen MR) is 118 cm³/mol. The van der Waals surface area contributed by atoms with E-state index < -0.39 is 0 Å². The van der Waals surface area contributed by atoms with Crippen LogP contribution in [0.3, 0.4) is 0 Å². The molecule has 4 nitrogen and oxygen atoms in total. The normalized spacial score (nSPS) is 19.6. The van der Waals surface area contributed by atoms with Crippen LogP contribution in [0.2, 0.25) is 0 Å². The maximum Gasteiger partial charge on any atom is 0.231 e. The summed E-state index contributed by atoms with van der Waals surface area (Å²) in [6, 6.07) is 15.3. The van der Waals surface area contributed by atoms with E-state index in [2.05, 4.69) is 5.32 Å². The number of halogens is 2. The SMILES string of the molecule is O=C(NCc1ccc2c(c1)CN(C(=O)C1Cc3ccc(F)cc31)C2)C1Cc2ccc(F)cc21. The Labute approximate surface area is 190 Å². The van der Waals surface area contributed by atoms with Gasteiger partial charge in [0.25, 0.3) is 0 Å². The van der Waals surface area contributed by atoms with E-state index in [0.717, 1.165) is 38.9 Å². The molecule has 0 radical (unpaired) electrons. The Morgan fingerprint density at radius 2 is 1.39 bits per heavy atom. The molecule has 0 saturated carbocycles. The molecule has 1 N–H and O–H groups in total. The summed E-state index contributed by atoms with van der Waals surface area (Å²) in [5.74, 6) is -1.25. The highest BCUT2D eigenvalue weighted by Gasteiger charge is 2.37. The topological polar surface area (TPSA) is 49.4 Å². The first-order chi connectivity index (χ1) is 16.0. The molecule has 2 atom stereocenters. The van der Waals surface area contributed by atoms with Crippen molar-refractivity contribution < 1.29 is 18.4 Å². The third kappa shape index (κ3) is 3.41. The fourth-order valence-corrected chi connectivity index (χ4v) is 5.25. The van der Waals surface area contributed by atoms with Crippen LogP contribution < -0.4 is 5.32 Å². The summed E-state index contributed by atoms with van der Waals surface area (Å²) in [7, 11) is 0. The molecule has 0 spiro atoms. The van der Waals surface area contributed by atoms with Gasteiger partial charge >= 0.3 is 0 Å². The lowest BCUT2D eigenvalue weighted by atomic mass is 9.76. The molecular weight excluding hydrogens is 422 g/mol. The van der Waals surface area contributed by atoms with Gasteiger partial charge in [0.15, 0.2) is 0 Å². The van der Waals surface area contributed by atoms with Crippen molar-refractivity contribution in [1.29, 1.82) is 0 Å². The Kier molecular flexibility index (Phi) is 4.57. The minimum atomic E-state index is -0.320. The summed E-state index contributed by atoms with van der Waals surface area (Å²) in [5, 5.41) is 2.96. The molecule has 6 rings (SSSR count). The molecule has 0 saturated heterocycles. The van der Waals surface area contributed by atoms with E-state index in [1.165, 1.54) is 24.3 Å². The second-order valence-corrected chi connectivity index (χ2v) is 9.21. The molecule has 33 heavy (non-hydrogen) atoms. The van der Waals surface area contributed by atoms with E-state index in [-0.39, 0.29) is 35.3 Å². The third-order valence-electron chi connectivity index (χ3n) is 7.20. The summed E-state index contributed by atoms with van der Waals surface area (Å²) in [6.07, 6.45) is 1.30. The Morgan fingerprint density at radius 1 is 0.788 bits per heavy atom. The molecule has 3 aliphatic rings. The van der Waals surface area contributed by atoms with Gasteiger partial charge in [0.2, 0.25) is 11.8 Å². The highest BCUT2D eigenvalue weighted by molar-refractivity contribution is 5.88. The number of hydrogen-bond acceptors (Lipinski definition) is 2. The molecule has 2 amide bonds. The number of carbonyl (C=O) groups excluding carboxylic acids is 2. The lowest BCUT2D eigenvalue weighted by molar-refractivity contribution is -0.134. The van der Waals surface area contributed by atoms with Crippen molar-refractivity contribution in [3.05, 3.63) is 105 Å². The van der Waals surface area contributed by atoms with Crippen molar-refractivity contribution in [2.75, 3.05) is 0 Å². The molecule has 166 valence electrons. The molecule has 6 heteroatoms. The zero-order valence-corrected chi connectivity index (χ0v) is 17.9. The van der Waals surface area contributed by atoms with Gasteiger partial charge in [-0.15, -0.1) is 0 Å². The van der Waals surface area contributed by atoms with Crippen LogP contribution in [-0.4, -0.2) is 16.7 Å². The largest absolute Gasteiger partial charge is 0.351 e. The Morgan fingerprint density at radius 3 is 2.12 bits per heavy atom. The number of fused-ring (bicyclic) bond motifs is 3. The number of hydrogen-bond donors (Lipinski definition) is 1. The Balaban J connectivity index is 1.08. The molecule has 3 aromatic carbocycles. The second kappa shape index (κ2) is 7.51. The number of nitrogens with zero attached hydrogens (tertiary/aromatic N) is 1. The number of amides is 2. The zero-order valence-electron chi connectivity index (χ0n) is 17.9. The second-order valence-electron chi connectivity index (χ2n) is 9.21. The van der Waals surface area contributed by atoms with Crippen molar-refractivity contribution in [2.45, 2.75) is 44.3 Å². The minimum Gasteiger partial charge on any atom is -0.351 e. The van der Waals surface area contributed by atoms with Crippen molar-refractivity contribution in [3.63, 3.8) is 0 Å². The minimum absolute atomic E-state index is 0.0371. The van der Waals surface area contributed by atoms with Gasteiger partial charge < -0.3 is 10.2 Å². The van der Waals surface area contributed by atoms with Crippen molar-refractivity contribution in [3.8, 4) is 0 Å². The van der Waals surface area contributed by atoms with Gasteiger partial charge in [-0.3, -0.25) is 9.59 Å². The number of carbonyl (C=O) groups is 2. The first-order valence-electron chi connectivity index (χ1n) is 11.2. The lowest BCUT2D eigenvalue weighted by Gasteiger charge is -2.32. The number of nitrogens with one attached hydrogen (secondary N) is 1. The smallest absolute Gasteiger partial charge is 0.231 e. The van der Waals surface area contributed by atoms with Crippen LogP contribution in [0, 0.1) is 11.6 Å². The summed E-state index contributed by atoms with van der Waals surface area (Å²) in [6.45, 7) is 1.45. The van der Waals surface area contributed by atoms with E-state index >= 15 is 0 Å². The molecule has 0 aromatic heterocycles. The highest BCUT2D eigenvalue weighted by atomic mass is 19.1. The van der Waals surface area contributed by atoms with Crippen molar-refractivity contribution >= 4 is 11.8 Å². The fourth-order valence-electron chi connectivity index (χ4n) is 5.25. The molecule has 1 aliphatic heterocycles. The molecule has 0 bridgehead atoms. The van der Waals surface area contributed by atoms with Gasteiger partial charge in [-0.25, -0.2) is 8.78 Å². The van der Waals surface area contributed by atoms with Gasteiger partial charge in [0.1, 0.15) is 11.6 Å². The number of benzene rings is 3. The molecule has 3 aromatic rings. The summed E-state index contributed by atoms with van der Waals surface area (Å²) in [4.78, 5) is 27.4. The highest BCUT2D eigenvalue weighted by Crippen LogP contribution is 2.39. The molecular formula is C27H22F2N2O2. The van der Waals surface area contributed by atoms with Gasteiger partial charge in [0, 0.05) is 19.6 Å². The van der Waals surface area contributed by atoms with E-state index in [9.17, 15) is 18.4 Å². The van der Waals surface area contributed by atoms with Gasteiger partial charge in [-0.1, -0.05) is 30.3 Å². The average Bonchev–Trinajstić information content (AvgIpc) is 3.20. The molecule has 0 fully saturated rings. The standard InChI is InChI=1S/C27H22F2N2O2/c28-20-5-3-16-8-24(22(16)10-20)26(32)30-12-15-1-2-18-13-31(14-19(18)7-15)27(33)25-9-17-4-6-21(29)11-23(17)25/h1-7,10-11,24-25H,8-9,12-14H2,(H,30,32). The van der Waals surface area contributed by atoms with Crippen LogP contribution in [0.15, 0.2) is 54.6 Å². The van der Waals surface area contributed by atoms with E-state index in [1.54, 1.807) is 12.1 Å². The third-order valence-corrected chi connectivity index (χ3v) is 7.20. The monoisotopic (exact) mass is 444 g/mol. The van der Waals surface area contributed by atoms with Crippen molar-refractivity contribution in [2.24, 2.45) is 0 Å². The number of rotatable bonds is 4. The maximum absolute atomic E-state index is 13.6. The van der Waals surface area contributed by atoms with Crippen LogP contribution in [0.5, 0.6) is 0 Å². The lowest BCUT2D eigenvalue weighted by Crippen LogP contribution is -2.36. The maximum atomic E-state index is 13.6. The van der Waals surface area contributed by atoms with Gasteiger partial charge in [0.05, 0.1) is 11.8 Å². The van der Waals surface area contributed by atoms with Gasteiger partial charge in [-0.2, -0.15) is 0 Å². The fraction of sp³-hybridized carbons (Fsp3) is 0.259. The summed E-state index contributed by atoms with van der Waals surface area (Å²) in [5.41, 5.74) is 6.78. The Bertz CT molecular complexity index is 1320. The average molecular weight is 444 g/mol. The van der Waals surface area contributed by atoms with Gasteiger partial charge in [-0.05, 0) is 76.1 Å². The quantitative estimate of drug-likeness (QED) is 0.659. The summed E-state index contributed by atoms with van der Waals surface area (Å²) < 4.78 is 27.1.